The largest absolute Gasteiger partial charge is 0.381 e. The lowest BCUT2D eigenvalue weighted by molar-refractivity contribution is -0.151. The maximum atomic E-state index is 12.7. The third-order valence-corrected chi connectivity index (χ3v) is 5.12. The minimum Gasteiger partial charge on any atom is -0.381 e. The van der Waals surface area contributed by atoms with Crippen LogP contribution in [0.2, 0.25) is 0 Å². The van der Waals surface area contributed by atoms with Crippen LogP contribution >= 0.6 is 11.3 Å². The Labute approximate surface area is 122 Å². The predicted octanol–water partition coefficient (Wildman–Crippen LogP) is 3.21. The SMILES string of the molecule is COC1(C(=O)Cc2csc3ccccc23)CCOCC1. The van der Waals surface area contributed by atoms with Crippen molar-refractivity contribution in [3.8, 4) is 0 Å². The van der Waals surface area contributed by atoms with Gasteiger partial charge in [-0.15, -0.1) is 11.3 Å². The molecule has 20 heavy (non-hydrogen) atoms. The van der Waals surface area contributed by atoms with Crippen LogP contribution in [-0.4, -0.2) is 31.7 Å². The summed E-state index contributed by atoms with van der Waals surface area (Å²) in [7, 11) is 1.63. The Kier molecular flexibility index (Phi) is 3.87. The van der Waals surface area contributed by atoms with E-state index in [2.05, 4.69) is 17.5 Å². The molecule has 3 rings (SSSR count). The van der Waals surface area contributed by atoms with Crippen LogP contribution in [0.4, 0.5) is 0 Å². The third-order valence-electron chi connectivity index (χ3n) is 4.11. The predicted molar refractivity (Wildman–Crippen MR) is 80.3 cm³/mol. The fourth-order valence-electron chi connectivity index (χ4n) is 2.80. The van der Waals surface area contributed by atoms with Crippen LogP contribution in [0.15, 0.2) is 29.6 Å². The van der Waals surface area contributed by atoms with Crippen molar-refractivity contribution in [1.29, 1.82) is 0 Å². The number of ketones is 1. The summed E-state index contributed by atoms with van der Waals surface area (Å²) in [6.45, 7) is 1.20. The quantitative estimate of drug-likeness (QED) is 0.867. The molecule has 0 bridgehead atoms. The van der Waals surface area contributed by atoms with Gasteiger partial charge in [-0.25, -0.2) is 0 Å². The van der Waals surface area contributed by atoms with Crippen LogP contribution in [0.25, 0.3) is 10.1 Å². The number of fused-ring (bicyclic) bond motifs is 1. The van der Waals surface area contributed by atoms with Crippen molar-refractivity contribution >= 4 is 27.2 Å². The van der Waals surface area contributed by atoms with Crippen molar-refractivity contribution in [3.05, 3.63) is 35.2 Å². The number of benzene rings is 1. The topological polar surface area (TPSA) is 35.5 Å². The third kappa shape index (κ3) is 2.39. The van der Waals surface area contributed by atoms with Crippen LogP contribution in [0.5, 0.6) is 0 Å². The van der Waals surface area contributed by atoms with Crippen LogP contribution < -0.4 is 0 Å². The van der Waals surface area contributed by atoms with Gasteiger partial charge in [0.25, 0.3) is 0 Å². The van der Waals surface area contributed by atoms with Gasteiger partial charge in [0, 0.05) is 44.3 Å². The number of hydrogen-bond acceptors (Lipinski definition) is 4. The number of carbonyl (C=O) groups is 1. The van der Waals surface area contributed by atoms with Gasteiger partial charge in [0.2, 0.25) is 0 Å². The molecule has 3 nitrogen and oxygen atoms in total. The molecule has 4 heteroatoms. The molecule has 0 atom stereocenters. The van der Waals surface area contributed by atoms with Crippen molar-refractivity contribution in [3.63, 3.8) is 0 Å². The Balaban J connectivity index is 1.84. The van der Waals surface area contributed by atoms with Crippen molar-refractivity contribution in [2.24, 2.45) is 0 Å². The van der Waals surface area contributed by atoms with Gasteiger partial charge in [-0.05, 0) is 22.4 Å². The van der Waals surface area contributed by atoms with E-state index in [1.807, 2.05) is 12.1 Å². The zero-order valence-corrected chi connectivity index (χ0v) is 12.4. The van der Waals surface area contributed by atoms with Crippen molar-refractivity contribution < 1.29 is 14.3 Å². The first-order valence-electron chi connectivity index (χ1n) is 6.86. The standard InChI is InChI=1S/C16H18O3S/c1-18-16(6-8-19-9-7-16)15(17)10-12-11-20-14-5-3-2-4-13(12)14/h2-5,11H,6-10H2,1H3. The Bertz CT molecular complexity index is 611. The van der Waals surface area contributed by atoms with Crippen molar-refractivity contribution in [2.45, 2.75) is 24.9 Å². The Morgan fingerprint density at radius 2 is 2.10 bits per heavy atom. The maximum absolute atomic E-state index is 12.7. The monoisotopic (exact) mass is 290 g/mol. The lowest BCUT2D eigenvalue weighted by Crippen LogP contribution is -2.46. The summed E-state index contributed by atoms with van der Waals surface area (Å²) < 4.78 is 12.2. The molecule has 1 aliphatic rings. The molecule has 0 amide bonds. The molecular weight excluding hydrogens is 272 g/mol. The van der Waals surface area contributed by atoms with E-state index in [9.17, 15) is 4.79 Å². The van der Waals surface area contributed by atoms with E-state index < -0.39 is 5.60 Å². The van der Waals surface area contributed by atoms with E-state index in [1.165, 1.54) is 10.1 Å². The molecule has 0 aliphatic carbocycles. The molecule has 1 aliphatic heterocycles. The fourth-order valence-corrected chi connectivity index (χ4v) is 3.76. The first kappa shape index (κ1) is 13.7. The molecule has 0 unspecified atom stereocenters. The molecule has 1 aromatic heterocycles. The van der Waals surface area contributed by atoms with Gasteiger partial charge in [-0.2, -0.15) is 0 Å². The summed E-state index contributed by atoms with van der Waals surface area (Å²) in [5.41, 5.74) is 0.458. The molecular formula is C16H18O3S. The zero-order chi connectivity index (χ0) is 14.0. The average molecular weight is 290 g/mol. The van der Waals surface area contributed by atoms with E-state index >= 15 is 0 Å². The van der Waals surface area contributed by atoms with E-state index in [1.54, 1.807) is 18.4 Å². The van der Waals surface area contributed by atoms with Gasteiger partial charge in [-0.3, -0.25) is 4.79 Å². The van der Waals surface area contributed by atoms with Gasteiger partial charge < -0.3 is 9.47 Å². The zero-order valence-electron chi connectivity index (χ0n) is 11.6. The normalized spacial score (nSPS) is 18.2. The molecule has 2 heterocycles. The highest BCUT2D eigenvalue weighted by atomic mass is 32.1. The van der Waals surface area contributed by atoms with Crippen LogP contribution in [-0.2, 0) is 20.7 Å². The molecule has 0 spiro atoms. The summed E-state index contributed by atoms with van der Waals surface area (Å²) in [5.74, 6) is 0.173. The highest BCUT2D eigenvalue weighted by Gasteiger charge is 2.39. The summed E-state index contributed by atoms with van der Waals surface area (Å²) in [5, 5.41) is 3.27. The van der Waals surface area contributed by atoms with Crippen LogP contribution in [0.3, 0.4) is 0 Å². The second-order valence-corrected chi connectivity index (χ2v) is 6.08. The van der Waals surface area contributed by atoms with Gasteiger partial charge in [-0.1, -0.05) is 18.2 Å². The number of rotatable bonds is 4. The highest BCUT2D eigenvalue weighted by Crippen LogP contribution is 2.31. The average Bonchev–Trinajstić information content (AvgIpc) is 2.91. The van der Waals surface area contributed by atoms with Gasteiger partial charge in [0.05, 0.1) is 0 Å². The molecule has 1 fully saturated rings. The fraction of sp³-hybridized carbons (Fsp3) is 0.438. The smallest absolute Gasteiger partial charge is 0.169 e. The molecule has 0 radical (unpaired) electrons. The molecule has 0 saturated carbocycles. The van der Waals surface area contributed by atoms with Gasteiger partial charge >= 0.3 is 0 Å². The van der Waals surface area contributed by atoms with E-state index in [0.717, 1.165) is 5.56 Å². The summed E-state index contributed by atoms with van der Waals surface area (Å²) in [4.78, 5) is 12.7. The Hall–Kier alpha value is -1.23. The summed E-state index contributed by atoms with van der Waals surface area (Å²) in [6.07, 6.45) is 1.76. The lowest BCUT2D eigenvalue weighted by Gasteiger charge is -2.34. The van der Waals surface area contributed by atoms with Crippen molar-refractivity contribution in [1.82, 2.24) is 0 Å². The summed E-state index contributed by atoms with van der Waals surface area (Å²) in [6, 6.07) is 8.22. The number of methoxy groups -OCH3 is 1. The van der Waals surface area contributed by atoms with Crippen molar-refractivity contribution in [2.75, 3.05) is 20.3 Å². The molecule has 1 saturated heterocycles. The first-order chi connectivity index (χ1) is 9.75. The molecule has 106 valence electrons. The van der Waals surface area contributed by atoms with Gasteiger partial charge in [0.1, 0.15) is 5.60 Å². The first-order valence-corrected chi connectivity index (χ1v) is 7.74. The highest BCUT2D eigenvalue weighted by molar-refractivity contribution is 7.17. The number of thiophene rings is 1. The molecule has 1 aromatic carbocycles. The number of hydrogen-bond donors (Lipinski definition) is 0. The minimum atomic E-state index is -0.651. The number of carbonyl (C=O) groups excluding carboxylic acids is 1. The van der Waals surface area contributed by atoms with E-state index in [4.69, 9.17) is 9.47 Å². The maximum Gasteiger partial charge on any atom is 0.169 e. The Morgan fingerprint density at radius 1 is 1.35 bits per heavy atom. The van der Waals surface area contributed by atoms with Gasteiger partial charge in [0.15, 0.2) is 5.78 Å². The number of ether oxygens (including phenoxy) is 2. The second-order valence-electron chi connectivity index (χ2n) is 5.17. The minimum absolute atomic E-state index is 0.173. The van der Waals surface area contributed by atoms with E-state index in [0.29, 0.717) is 32.5 Å². The molecule has 2 aromatic rings. The van der Waals surface area contributed by atoms with E-state index in [-0.39, 0.29) is 5.78 Å². The lowest BCUT2D eigenvalue weighted by atomic mass is 9.86. The van der Waals surface area contributed by atoms with Crippen LogP contribution in [0, 0.1) is 0 Å². The Morgan fingerprint density at radius 3 is 2.85 bits per heavy atom. The second kappa shape index (κ2) is 5.64. The summed E-state index contributed by atoms with van der Waals surface area (Å²) >= 11 is 1.69. The van der Waals surface area contributed by atoms with Crippen LogP contribution in [0.1, 0.15) is 18.4 Å². The molecule has 0 N–H and O–H groups in total. The number of Topliss-reactive ketones (excluding diaryl/α,β-unsaturated/α-hetero) is 1.